The highest BCUT2D eigenvalue weighted by atomic mass is 16.3. The first kappa shape index (κ1) is 61.0. The first-order valence-electron chi connectivity index (χ1n) is 28.1. The Bertz CT molecular complexity index is 898. The van der Waals surface area contributed by atoms with Crippen molar-refractivity contribution in [3.8, 4) is 0 Å². The summed E-state index contributed by atoms with van der Waals surface area (Å²) in [6.07, 6.45) is 60.0. The third-order valence-electron chi connectivity index (χ3n) is 13.5. The Morgan fingerprint density at radius 2 is 0.661 bits per heavy atom. The van der Waals surface area contributed by atoms with E-state index in [4.69, 9.17) is 0 Å². The number of hydrogen-bond acceptors (Lipinski definition) is 5. The molecule has 0 fully saturated rings. The van der Waals surface area contributed by atoms with Crippen LogP contribution in [0.25, 0.3) is 0 Å². The highest BCUT2D eigenvalue weighted by molar-refractivity contribution is 5.80. The molecule has 0 aliphatic carbocycles. The molecule has 0 radical (unpaired) electrons. The van der Waals surface area contributed by atoms with Gasteiger partial charge in [-0.25, -0.2) is 0 Å². The van der Waals surface area contributed by atoms with Crippen LogP contribution in [-0.4, -0.2) is 57.3 Å². The lowest BCUT2D eigenvalue weighted by atomic mass is 10.00. The maximum absolute atomic E-state index is 12.6. The SMILES string of the molecule is CCCCCCCCCCCCCCCCCCC/C=C/CCCC(O)C(O)C(CO)NC(=O)C(O)CCCCCCCCCCCCCCCCCCCCCCCCCC. The van der Waals surface area contributed by atoms with Gasteiger partial charge in [-0.2, -0.15) is 0 Å². The predicted molar refractivity (Wildman–Crippen MR) is 270 cm³/mol. The highest BCUT2D eigenvalue weighted by Gasteiger charge is 2.28. The van der Waals surface area contributed by atoms with E-state index in [1.807, 2.05) is 0 Å². The van der Waals surface area contributed by atoms with Gasteiger partial charge in [0.05, 0.1) is 18.8 Å². The second-order valence-corrected chi connectivity index (χ2v) is 19.6. The summed E-state index contributed by atoms with van der Waals surface area (Å²) in [7, 11) is 0. The number of amides is 1. The van der Waals surface area contributed by atoms with Crippen LogP contribution >= 0.6 is 0 Å². The van der Waals surface area contributed by atoms with Gasteiger partial charge in [-0.05, 0) is 38.5 Å². The van der Waals surface area contributed by atoms with Crippen LogP contribution in [0.15, 0.2) is 12.2 Å². The van der Waals surface area contributed by atoms with Gasteiger partial charge in [0.2, 0.25) is 5.91 Å². The van der Waals surface area contributed by atoms with Crippen molar-refractivity contribution >= 4 is 5.91 Å². The summed E-state index contributed by atoms with van der Waals surface area (Å²) in [5.74, 6) is -0.586. The summed E-state index contributed by atoms with van der Waals surface area (Å²) >= 11 is 0. The molecule has 0 spiro atoms. The maximum Gasteiger partial charge on any atom is 0.249 e. The number of unbranched alkanes of at least 4 members (excludes halogenated alkanes) is 41. The molecule has 4 unspecified atom stereocenters. The Hall–Kier alpha value is -0.950. The molecule has 0 heterocycles. The standard InChI is InChI=1S/C56H111NO5/c1-3-5-7-9-11-13-15-17-19-21-23-25-27-28-30-32-34-36-38-40-42-44-46-48-50-54(60)56(62)57-52(51-58)55(61)53(59)49-47-45-43-41-39-37-35-33-31-29-26-24-22-20-18-16-14-12-10-8-6-4-2/h41,43,52-55,58-61H,3-40,42,44-51H2,1-2H3,(H,57,62)/b43-41+. The fourth-order valence-corrected chi connectivity index (χ4v) is 9.06. The predicted octanol–water partition coefficient (Wildman–Crippen LogP) is 16.1. The number of carbonyl (C=O) groups is 1. The smallest absolute Gasteiger partial charge is 0.249 e. The van der Waals surface area contributed by atoms with Crippen molar-refractivity contribution < 1.29 is 25.2 Å². The molecule has 0 saturated heterocycles. The van der Waals surface area contributed by atoms with Crippen molar-refractivity contribution in [2.24, 2.45) is 0 Å². The third kappa shape index (κ3) is 44.3. The van der Waals surface area contributed by atoms with Crippen LogP contribution in [-0.2, 0) is 4.79 Å². The molecule has 0 aliphatic heterocycles. The quantitative estimate of drug-likeness (QED) is 0.0309. The van der Waals surface area contributed by atoms with Gasteiger partial charge in [0.1, 0.15) is 12.2 Å². The average Bonchev–Trinajstić information content (AvgIpc) is 3.28. The van der Waals surface area contributed by atoms with Gasteiger partial charge in [-0.15, -0.1) is 0 Å². The van der Waals surface area contributed by atoms with Crippen molar-refractivity contribution in [2.45, 2.75) is 334 Å². The Labute approximate surface area is 387 Å². The lowest BCUT2D eigenvalue weighted by molar-refractivity contribution is -0.132. The second-order valence-electron chi connectivity index (χ2n) is 19.6. The van der Waals surface area contributed by atoms with Gasteiger partial charge < -0.3 is 25.7 Å². The number of hydrogen-bond donors (Lipinski definition) is 5. The number of aliphatic hydroxyl groups is 4. The molecule has 62 heavy (non-hydrogen) atoms. The summed E-state index contributed by atoms with van der Waals surface area (Å²) in [4.78, 5) is 12.6. The second kappa shape index (κ2) is 51.0. The molecule has 0 aromatic rings. The lowest BCUT2D eigenvalue weighted by Gasteiger charge is -2.27. The minimum atomic E-state index is -1.28. The zero-order chi connectivity index (χ0) is 45.2. The van der Waals surface area contributed by atoms with Gasteiger partial charge in [-0.3, -0.25) is 4.79 Å². The zero-order valence-electron chi connectivity index (χ0n) is 41.9. The van der Waals surface area contributed by atoms with Crippen molar-refractivity contribution in [3.63, 3.8) is 0 Å². The summed E-state index contributed by atoms with van der Waals surface area (Å²) < 4.78 is 0. The topological polar surface area (TPSA) is 110 Å². The van der Waals surface area contributed by atoms with E-state index in [1.165, 1.54) is 244 Å². The van der Waals surface area contributed by atoms with E-state index in [0.717, 1.165) is 38.5 Å². The molecule has 0 aromatic heterocycles. The molecular formula is C56H111NO5. The lowest BCUT2D eigenvalue weighted by Crippen LogP contribution is -2.53. The van der Waals surface area contributed by atoms with Crippen molar-refractivity contribution in [1.29, 1.82) is 0 Å². The van der Waals surface area contributed by atoms with Crippen LogP contribution in [0.3, 0.4) is 0 Å². The molecule has 6 heteroatoms. The molecular weight excluding hydrogens is 767 g/mol. The Balaban J connectivity index is 3.63. The molecule has 0 aromatic carbocycles. The first-order valence-corrected chi connectivity index (χ1v) is 28.1. The third-order valence-corrected chi connectivity index (χ3v) is 13.5. The number of aliphatic hydroxyl groups excluding tert-OH is 4. The van der Waals surface area contributed by atoms with E-state index in [2.05, 4.69) is 31.3 Å². The van der Waals surface area contributed by atoms with E-state index >= 15 is 0 Å². The minimum Gasteiger partial charge on any atom is -0.394 e. The fourth-order valence-electron chi connectivity index (χ4n) is 9.06. The fraction of sp³-hybridized carbons (Fsp3) is 0.946. The van der Waals surface area contributed by atoms with Crippen LogP contribution in [0.1, 0.15) is 309 Å². The molecule has 0 bridgehead atoms. The van der Waals surface area contributed by atoms with Gasteiger partial charge in [0.15, 0.2) is 0 Å². The van der Waals surface area contributed by atoms with E-state index in [0.29, 0.717) is 12.8 Å². The monoisotopic (exact) mass is 878 g/mol. The van der Waals surface area contributed by atoms with Crippen molar-refractivity contribution in [3.05, 3.63) is 12.2 Å². The highest BCUT2D eigenvalue weighted by Crippen LogP contribution is 2.18. The normalized spacial score (nSPS) is 13.8. The molecule has 4 atom stereocenters. The van der Waals surface area contributed by atoms with Gasteiger partial charge in [0.25, 0.3) is 0 Å². The van der Waals surface area contributed by atoms with Crippen molar-refractivity contribution in [1.82, 2.24) is 5.32 Å². The Morgan fingerprint density at radius 3 is 0.968 bits per heavy atom. The number of nitrogens with one attached hydrogen (secondary N) is 1. The average molecular weight is 879 g/mol. The van der Waals surface area contributed by atoms with Crippen LogP contribution in [0.5, 0.6) is 0 Å². The van der Waals surface area contributed by atoms with Gasteiger partial charge in [0, 0.05) is 0 Å². The van der Waals surface area contributed by atoms with E-state index in [1.54, 1.807) is 0 Å². The molecule has 370 valence electrons. The minimum absolute atomic E-state index is 0.369. The molecule has 1 amide bonds. The van der Waals surface area contributed by atoms with Gasteiger partial charge in [-0.1, -0.05) is 283 Å². The number of allylic oxidation sites excluding steroid dienone is 2. The first-order chi connectivity index (χ1) is 30.5. The number of carbonyl (C=O) groups excluding carboxylic acids is 1. The van der Waals surface area contributed by atoms with Crippen LogP contribution in [0, 0.1) is 0 Å². The van der Waals surface area contributed by atoms with Crippen LogP contribution in [0.2, 0.25) is 0 Å². The van der Waals surface area contributed by atoms with E-state index < -0.39 is 36.9 Å². The number of rotatable bonds is 52. The van der Waals surface area contributed by atoms with E-state index in [-0.39, 0.29) is 0 Å². The Morgan fingerprint density at radius 1 is 0.387 bits per heavy atom. The largest absolute Gasteiger partial charge is 0.394 e. The molecule has 5 N–H and O–H groups in total. The van der Waals surface area contributed by atoms with Gasteiger partial charge >= 0.3 is 0 Å². The van der Waals surface area contributed by atoms with Crippen LogP contribution in [0.4, 0.5) is 0 Å². The van der Waals surface area contributed by atoms with Crippen molar-refractivity contribution in [2.75, 3.05) is 6.61 Å². The maximum atomic E-state index is 12.6. The molecule has 0 rings (SSSR count). The van der Waals surface area contributed by atoms with Crippen LogP contribution < -0.4 is 5.32 Å². The summed E-state index contributed by atoms with van der Waals surface area (Å²) in [5, 5.41) is 44.0. The molecule has 6 nitrogen and oxygen atoms in total. The van der Waals surface area contributed by atoms with E-state index in [9.17, 15) is 25.2 Å². The molecule has 0 saturated carbocycles. The summed E-state index contributed by atoms with van der Waals surface area (Å²) in [6.45, 7) is 4.08. The zero-order valence-corrected chi connectivity index (χ0v) is 41.9. The Kier molecular flexibility index (Phi) is 50.3. The molecule has 0 aliphatic rings. The summed E-state index contributed by atoms with van der Waals surface area (Å²) in [6, 6.07) is -0.998. The summed E-state index contributed by atoms with van der Waals surface area (Å²) in [5.41, 5.74) is 0.